The third-order valence-corrected chi connectivity index (χ3v) is 5.00. The molecule has 0 unspecified atom stereocenters. The van der Waals surface area contributed by atoms with E-state index in [0.717, 1.165) is 11.3 Å². The van der Waals surface area contributed by atoms with Crippen molar-refractivity contribution in [2.24, 2.45) is 0 Å². The molecule has 2 aromatic heterocycles. The van der Waals surface area contributed by atoms with Crippen LogP contribution in [0, 0.1) is 12.7 Å². The van der Waals surface area contributed by atoms with Crippen molar-refractivity contribution in [3.05, 3.63) is 77.6 Å². The van der Waals surface area contributed by atoms with Gasteiger partial charge in [-0.25, -0.2) is 4.39 Å². The van der Waals surface area contributed by atoms with Crippen LogP contribution in [-0.2, 0) is 0 Å². The van der Waals surface area contributed by atoms with E-state index in [1.54, 1.807) is 4.52 Å². The van der Waals surface area contributed by atoms with Gasteiger partial charge in [0.25, 0.3) is 0 Å². The van der Waals surface area contributed by atoms with Crippen LogP contribution in [0.4, 0.5) is 4.39 Å². The van der Waals surface area contributed by atoms with Crippen molar-refractivity contribution in [2.45, 2.75) is 12.1 Å². The predicted molar refractivity (Wildman–Crippen MR) is 102 cm³/mol. The molecule has 134 valence electrons. The Hall–Kier alpha value is -3.06. The smallest absolute Gasteiger partial charge is 0.212 e. The fourth-order valence-corrected chi connectivity index (χ4v) is 3.37. The Morgan fingerprint density at radius 3 is 2.48 bits per heavy atom. The molecular formula is C20H15FN4OS. The summed E-state index contributed by atoms with van der Waals surface area (Å²) in [5, 5.41) is 13.4. The lowest BCUT2D eigenvalue weighted by atomic mass is 10.1. The summed E-state index contributed by atoms with van der Waals surface area (Å²) >= 11 is 1.25. The van der Waals surface area contributed by atoms with E-state index in [9.17, 15) is 9.18 Å². The molecule has 0 N–H and O–H groups in total. The van der Waals surface area contributed by atoms with Crippen LogP contribution >= 0.6 is 11.8 Å². The number of ketones is 1. The van der Waals surface area contributed by atoms with Gasteiger partial charge in [-0.15, -0.1) is 10.2 Å². The summed E-state index contributed by atoms with van der Waals surface area (Å²) < 4.78 is 14.6. The Bertz CT molecular complexity index is 1110. The number of fused-ring (bicyclic) bond motifs is 1. The van der Waals surface area contributed by atoms with Gasteiger partial charge in [-0.2, -0.15) is 9.61 Å². The van der Waals surface area contributed by atoms with Crippen LogP contribution in [-0.4, -0.2) is 31.3 Å². The first-order valence-electron chi connectivity index (χ1n) is 8.31. The highest BCUT2D eigenvalue weighted by Gasteiger charge is 2.13. The first-order chi connectivity index (χ1) is 13.1. The van der Waals surface area contributed by atoms with E-state index in [2.05, 4.69) is 15.3 Å². The van der Waals surface area contributed by atoms with E-state index in [1.165, 1.54) is 41.6 Å². The van der Waals surface area contributed by atoms with Crippen molar-refractivity contribution in [3.8, 4) is 11.3 Å². The maximum Gasteiger partial charge on any atom is 0.212 e. The van der Waals surface area contributed by atoms with Gasteiger partial charge in [0, 0.05) is 11.1 Å². The number of carbonyl (C=O) groups is 1. The van der Waals surface area contributed by atoms with Gasteiger partial charge in [0.2, 0.25) is 5.16 Å². The minimum atomic E-state index is -0.365. The molecule has 0 saturated carbocycles. The van der Waals surface area contributed by atoms with Gasteiger partial charge < -0.3 is 0 Å². The fraction of sp³-hybridized carbons (Fsp3) is 0.100. The molecule has 0 amide bonds. The molecular weight excluding hydrogens is 363 g/mol. The van der Waals surface area contributed by atoms with Crippen LogP contribution in [0.2, 0.25) is 0 Å². The molecule has 0 atom stereocenters. The summed E-state index contributed by atoms with van der Waals surface area (Å²) in [6.45, 7) is 2.03. The third-order valence-electron chi connectivity index (χ3n) is 4.08. The quantitative estimate of drug-likeness (QED) is 0.384. The number of thioether (sulfide) groups is 1. The summed E-state index contributed by atoms with van der Waals surface area (Å²) in [6, 6.07) is 17.3. The molecule has 0 bridgehead atoms. The summed E-state index contributed by atoms with van der Waals surface area (Å²) in [6.07, 6.45) is 0. The van der Waals surface area contributed by atoms with E-state index in [0.29, 0.717) is 16.4 Å². The number of nitrogens with zero attached hydrogens (tertiary/aromatic N) is 4. The van der Waals surface area contributed by atoms with E-state index < -0.39 is 0 Å². The molecule has 0 saturated heterocycles. The lowest BCUT2D eigenvalue weighted by Gasteiger charge is -2.04. The predicted octanol–water partition coefficient (Wildman–Crippen LogP) is 4.21. The number of Topliss-reactive ketones (excluding diaryl/α,β-unsaturated/α-hetero) is 1. The zero-order chi connectivity index (χ0) is 18.8. The van der Waals surface area contributed by atoms with Crippen LogP contribution in [0.3, 0.4) is 0 Å². The molecule has 0 spiro atoms. The monoisotopic (exact) mass is 378 g/mol. The highest BCUT2D eigenvalue weighted by Crippen LogP contribution is 2.21. The van der Waals surface area contributed by atoms with E-state index in [-0.39, 0.29) is 17.4 Å². The van der Waals surface area contributed by atoms with Crippen molar-refractivity contribution < 1.29 is 9.18 Å². The van der Waals surface area contributed by atoms with E-state index in [1.807, 2.05) is 43.3 Å². The van der Waals surface area contributed by atoms with Crippen LogP contribution in [0.5, 0.6) is 0 Å². The molecule has 27 heavy (non-hydrogen) atoms. The topological polar surface area (TPSA) is 60.2 Å². The molecule has 4 aromatic rings. The second-order valence-corrected chi connectivity index (χ2v) is 7.00. The van der Waals surface area contributed by atoms with Crippen LogP contribution in [0.1, 0.15) is 15.9 Å². The minimum absolute atomic E-state index is 0.105. The minimum Gasteiger partial charge on any atom is -0.293 e. The maximum absolute atomic E-state index is 13.0. The number of aryl methyl sites for hydroxylation is 1. The van der Waals surface area contributed by atoms with Gasteiger partial charge in [0.05, 0.1) is 11.4 Å². The van der Waals surface area contributed by atoms with Gasteiger partial charge in [0.15, 0.2) is 11.4 Å². The number of hydrogen-bond acceptors (Lipinski definition) is 5. The highest BCUT2D eigenvalue weighted by molar-refractivity contribution is 7.99. The summed E-state index contributed by atoms with van der Waals surface area (Å²) in [7, 11) is 0. The second-order valence-electron chi connectivity index (χ2n) is 6.06. The Labute approximate surface area is 159 Å². The number of benzene rings is 2. The largest absolute Gasteiger partial charge is 0.293 e. The van der Waals surface area contributed by atoms with Gasteiger partial charge in [-0.3, -0.25) is 4.79 Å². The summed E-state index contributed by atoms with van der Waals surface area (Å²) in [5.41, 5.74) is 4.05. The van der Waals surface area contributed by atoms with Crippen molar-refractivity contribution in [2.75, 3.05) is 5.75 Å². The zero-order valence-electron chi connectivity index (χ0n) is 14.5. The SMILES string of the molecule is Cc1ccc(-c2ccc3nnc(SCC(=O)c4ccc(F)cc4)n3n2)cc1. The molecule has 0 aliphatic rings. The highest BCUT2D eigenvalue weighted by atomic mass is 32.2. The second kappa shape index (κ2) is 7.28. The molecule has 0 radical (unpaired) electrons. The van der Waals surface area contributed by atoms with Crippen molar-refractivity contribution in [3.63, 3.8) is 0 Å². The van der Waals surface area contributed by atoms with Crippen LogP contribution in [0.15, 0.2) is 65.8 Å². The van der Waals surface area contributed by atoms with Gasteiger partial charge in [-0.05, 0) is 43.3 Å². The van der Waals surface area contributed by atoms with Gasteiger partial charge >= 0.3 is 0 Å². The average molecular weight is 378 g/mol. The summed E-state index contributed by atoms with van der Waals surface area (Å²) in [4.78, 5) is 12.3. The number of halogens is 1. The molecule has 0 aliphatic heterocycles. The summed E-state index contributed by atoms with van der Waals surface area (Å²) in [5.74, 6) is -0.301. The lowest BCUT2D eigenvalue weighted by molar-refractivity contribution is 0.102. The normalized spacial score (nSPS) is 11.0. The van der Waals surface area contributed by atoms with E-state index >= 15 is 0 Å². The Balaban J connectivity index is 1.56. The van der Waals surface area contributed by atoms with Crippen molar-refractivity contribution in [1.82, 2.24) is 19.8 Å². The van der Waals surface area contributed by atoms with Crippen LogP contribution in [0.25, 0.3) is 16.9 Å². The molecule has 4 rings (SSSR count). The number of hydrogen-bond donors (Lipinski definition) is 0. The Kier molecular flexibility index (Phi) is 4.68. The van der Waals surface area contributed by atoms with Gasteiger partial charge in [-0.1, -0.05) is 41.6 Å². The maximum atomic E-state index is 13.0. The van der Waals surface area contributed by atoms with E-state index in [4.69, 9.17) is 0 Å². The molecule has 0 aliphatic carbocycles. The molecule has 5 nitrogen and oxygen atoms in total. The Morgan fingerprint density at radius 1 is 1.00 bits per heavy atom. The van der Waals surface area contributed by atoms with Crippen LogP contribution < -0.4 is 0 Å². The number of aromatic nitrogens is 4. The van der Waals surface area contributed by atoms with Crippen molar-refractivity contribution in [1.29, 1.82) is 0 Å². The third kappa shape index (κ3) is 3.73. The molecule has 7 heteroatoms. The standard InChI is InChI=1S/C20H15FN4OS/c1-13-2-4-14(5-3-13)17-10-11-19-22-23-20(25(19)24-17)27-12-18(26)15-6-8-16(21)9-7-15/h2-11H,12H2,1H3. The first-order valence-corrected chi connectivity index (χ1v) is 9.30. The first kappa shape index (κ1) is 17.4. The average Bonchev–Trinajstić information content (AvgIpc) is 3.09. The Morgan fingerprint density at radius 2 is 1.74 bits per heavy atom. The molecule has 2 aromatic carbocycles. The van der Waals surface area contributed by atoms with Gasteiger partial charge in [0.1, 0.15) is 5.82 Å². The molecule has 0 fully saturated rings. The number of rotatable bonds is 5. The number of carbonyl (C=O) groups excluding carboxylic acids is 1. The fourth-order valence-electron chi connectivity index (χ4n) is 2.59. The zero-order valence-corrected chi connectivity index (χ0v) is 15.3. The lowest BCUT2D eigenvalue weighted by Crippen LogP contribution is -2.04. The molecule has 2 heterocycles. The van der Waals surface area contributed by atoms with Crippen molar-refractivity contribution >= 4 is 23.2 Å².